The number of fused-ring (bicyclic) bond motifs is 4. The topological polar surface area (TPSA) is 205 Å². The molecular formula is C54H69BrN10O8. The van der Waals surface area contributed by atoms with E-state index in [1.165, 1.54) is 38.9 Å². The first-order chi connectivity index (χ1) is 34.6. The highest BCUT2D eigenvalue weighted by atomic mass is 79.9. The molecule has 8 rings (SSSR count). The lowest BCUT2D eigenvalue weighted by atomic mass is 10.0. The molecule has 0 saturated carbocycles. The van der Waals surface area contributed by atoms with Crippen LogP contribution in [0.2, 0.25) is 0 Å². The van der Waals surface area contributed by atoms with Gasteiger partial charge in [-0.15, -0.1) is 0 Å². The monoisotopic (exact) mass is 1060 g/mol. The van der Waals surface area contributed by atoms with Crippen molar-refractivity contribution in [2.45, 2.75) is 80.7 Å². The summed E-state index contributed by atoms with van der Waals surface area (Å²) in [5, 5.41) is 0.737. The first-order valence-corrected chi connectivity index (χ1v) is 24.4. The molecule has 4 heterocycles. The molecule has 0 saturated heterocycles. The highest BCUT2D eigenvalue weighted by Crippen LogP contribution is 2.33. The summed E-state index contributed by atoms with van der Waals surface area (Å²) in [5.74, 6) is 2.50. The van der Waals surface area contributed by atoms with Crippen LogP contribution < -0.4 is 39.5 Å². The molecule has 73 heavy (non-hydrogen) atoms. The number of rotatable bonds is 11. The SMILES string of the molecule is COc1nc2cc(C)c(C)c(C)c2nc1OC.COc1nc2cc(C)c(C)c(CBr)c2nc1OC.COc1nc2cc(C)c(C)c(CN(C)C)c2nc1OC.Cc1cc2[nH]c(=O)c(=O)[nH]c2c(CN(C)C)c1C. The lowest BCUT2D eigenvalue weighted by Crippen LogP contribution is -2.29. The molecule has 0 fully saturated rings. The molecule has 8 aromatic rings. The van der Waals surface area contributed by atoms with E-state index in [1.54, 1.807) is 42.7 Å². The second kappa shape index (κ2) is 24.6. The first kappa shape index (κ1) is 56.9. The number of ether oxygens (including phenoxy) is 6. The zero-order chi connectivity index (χ0) is 54.2. The molecule has 4 aromatic heterocycles. The maximum absolute atomic E-state index is 11.5. The van der Waals surface area contributed by atoms with Gasteiger partial charge in [-0.2, -0.15) is 0 Å². The number of alkyl halides is 1. The van der Waals surface area contributed by atoms with Crippen LogP contribution in [0.1, 0.15) is 66.8 Å². The van der Waals surface area contributed by atoms with Crippen LogP contribution in [0.15, 0.2) is 33.9 Å². The number of H-pyrrole nitrogens is 2. The van der Waals surface area contributed by atoms with Gasteiger partial charge in [0.05, 0.1) is 86.8 Å². The van der Waals surface area contributed by atoms with E-state index >= 15 is 0 Å². The molecule has 4 aromatic carbocycles. The summed E-state index contributed by atoms with van der Waals surface area (Å²) in [4.78, 5) is 59.2. The largest absolute Gasteiger partial charge is 0.477 e. The number of aromatic nitrogens is 8. The molecule has 0 aliphatic rings. The number of methoxy groups -OCH3 is 6. The smallest absolute Gasteiger partial charge is 0.314 e. The van der Waals surface area contributed by atoms with E-state index in [4.69, 9.17) is 28.4 Å². The number of benzene rings is 4. The summed E-state index contributed by atoms with van der Waals surface area (Å²) in [6.45, 7) is 20.1. The fourth-order valence-corrected chi connectivity index (χ4v) is 8.76. The number of halogens is 1. The molecule has 0 aliphatic heterocycles. The van der Waals surface area contributed by atoms with Crippen LogP contribution in [0.5, 0.6) is 35.3 Å². The minimum atomic E-state index is -0.610. The van der Waals surface area contributed by atoms with Crippen LogP contribution in [-0.2, 0) is 18.4 Å². The summed E-state index contributed by atoms with van der Waals surface area (Å²) in [7, 11) is 17.4. The molecule has 0 unspecified atom stereocenters. The zero-order valence-corrected chi connectivity index (χ0v) is 47.2. The van der Waals surface area contributed by atoms with E-state index < -0.39 is 11.1 Å². The second-order valence-corrected chi connectivity index (χ2v) is 18.7. The Balaban J connectivity index is 0.000000181. The number of nitrogens with zero attached hydrogens (tertiary/aromatic N) is 8. The van der Waals surface area contributed by atoms with Crippen molar-refractivity contribution in [3.8, 4) is 35.3 Å². The van der Waals surface area contributed by atoms with Crippen LogP contribution in [0.25, 0.3) is 44.1 Å². The highest BCUT2D eigenvalue weighted by Gasteiger charge is 2.18. The number of aryl methyl sites for hydroxylation is 5. The predicted octanol–water partition coefficient (Wildman–Crippen LogP) is 8.95. The fraction of sp³-hybridized carbons (Fsp3) is 0.407. The third kappa shape index (κ3) is 12.6. The fourth-order valence-electron chi connectivity index (χ4n) is 8.08. The average molecular weight is 1070 g/mol. The van der Waals surface area contributed by atoms with Gasteiger partial charge in [0.2, 0.25) is 0 Å². The molecule has 0 radical (unpaired) electrons. The molecule has 18 nitrogen and oxygen atoms in total. The van der Waals surface area contributed by atoms with Gasteiger partial charge in [0.15, 0.2) is 0 Å². The Bertz CT molecular complexity index is 3430. The molecule has 390 valence electrons. The van der Waals surface area contributed by atoms with Crippen molar-refractivity contribution < 1.29 is 28.4 Å². The highest BCUT2D eigenvalue weighted by molar-refractivity contribution is 9.08. The Kier molecular flexibility index (Phi) is 19.2. The lowest BCUT2D eigenvalue weighted by Gasteiger charge is -2.17. The van der Waals surface area contributed by atoms with Gasteiger partial charge in [0.1, 0.15) is 0 Å². The maximum atomic E-state index is 11.5. The van der Waals surface area contributed by atoms with Gasteiger partial charge in [-0.1, -0.05) is 15.9 Å². The average Bonchev–Trinajstić information content (AvgIpc) is 3.36. The number of hydrogen-bond acceptors (Lipinski definition) is 16. The summed E-state index contributed by atoms with van der Waals surface area (Å²) in [6, 6.07) is 7.97. The van der Waals surface area contributed by atoms with Crippen LogP contribution in [0, 0.1) is 62.3 Å². The van der Waals surface area contributed by atoms with Gasteiger partial charge in [-0.3, -0.25) is 9.59 Å². The van der Waals surface area contributed by atoms with Crippen molar-refractivity contribution in [1.29, 1.82) is 0 Å². The number of nitrogens with one attached hydrogen (secondary N) is 2. The van der Waals surface area contributed by atoms with Crippen molar-refractivity contribution in [3.05, 3.63) is 112 Å². The van der Waals surface area contributed by atoms with Gasteiger partial charge in [-0.25, -0.2) is 29.9 Å². The van der Waals surface area contributed by atoms with E-state index in [0.29, 0.717) is 47.3 Å². The van der Waals surface area contributed by atoms with Crippen molar-refractivity contribution in [2.75, 3.05) is 70.8 Å². The Morgan fingerprint density at radius 3 is 1.18 bits per heavy atom. The van der Waals surface area contributed by atoms with E-state index in [9.17, 15) is 9.59 Å². The van der Waals surface area contributed by atoms with E-state index in [2.05, 4.69) is 102 Å². The lowest BCUT2D eigenvalue weighted by molar-refractivity contribution is 0.334. The molecule has 0 atom stereocenters. The number of hydrogen-bond donors (Lipinski definition) is 2. The summed E-state index contributed by atoms with van der Waals surface area (Å²) in [5.41, 5.74) is 19.3. The Morgan fingerprint density at radius 1 is 0.425 bits per heavy atom. The second-order valence-electron chi connectivity index (χ2n) is 18.1. The molecule has 0 aliphatic carbocycles. The first-order valence-electron chi connectivity index (χ1n) is 23.3. The molecule has 0 spiro atoms. The zero-order valence-electron chi connectivity index (χ0n) is 45.7. The Hall–Kier alpha value is -6.96. The van der Waals surface area contributed by atoms with Gasteiger partial charge in [0.25, 0.3) is 35.3 Å². The van der Waals surface area contributed by atoms with Gasteiger partial charge >= 0.3 is 11.1 Å². The minimum Gasteiger partial charge on any atom is -0.477 e. The molecule has 2 N–H and O–H groups in total. The summed E-state index contributed by atoms with van der Waals surface area (Å²) >= 11 is 3.51. The number of aromatic amines is 2. The summed E-state index contributed by atoms with van der Waals surface area (Å²) < 4.78 is 31.2. The minimum absolute atomic E-state index is 0.411. The maximum Gasteiger partial charge on any atom is 0.314 e. The third-order valence-corrected chi connectivity index (χ3v) is 13.3. The third-order valence-electron chi connectivity index (χ3n) is 12.7. The summed E-state index contributed by atoms with van der Waals surface area (Å²) in [6.07, 6.45) is 0. The molecule has 0 bridgehead atoms. The van der Waals surface area contributed by atoms with Gasteiger partial charge in [0, 0.05) is 18.4 Å². The van der Waals surface area contributed by atoms with Crippen LogP contribution in [-0.4, -0.2) is 121 Å². The van der Waals surface area contributed by atoms with Crippen LogP contribution in [0.3, 0.4) is 0 Å². The van der Waals surface area contributed by atoms with Crippen molar-refractivity contribution in [2.24, 2.45) is 0 Å². The van der Waals surface area contributed by atoms with E-state index in [0.717, 1.165) is 78.3 Å². The quantitative estimate of drug-likeness (QED) is 0.0916. The predicted molar refractivity (Wildman–Crippen MR) is 293 cm³/mol. The van der Waals surface area contributed by atoms with E-state index in [-0.39, 0.29) is 0 Å². The van der Waals surface area contributed by atoms with Gasteiger partial charge in [-0.05, 0) is 182 Å². The van der Waals surface area contributed by atoms with Crippen LogP contribution in [0.4, 0.5) is 0 Å². The molecule has 19 heteroatoms. The van der Waals surface area contributed by atoms with Crippen molar-refractivity contribution in [3.63, 3.8) is 0 Å². The van der Waals surface area contributed by atoms with Crippen molar-refractivity contribution >= 4 is 60.1 Å². The van der Waals surface area contributed by atoms with E-state index in [1.807, 2.05) is 78.1 Å². The standard InChI is InChI=1S/C15H21N3O2.C13H15BrN2O2.C13H17N3O2.C13H16N2O2/c1-9-7-12-13(11(10(9)2)8-18(3)4)17-15(20-6)14(16-12)19-5;1-7-5-10-11(9(6-14)8(7)2)16-13(18-4)12(15-10)17-3;1-7-5-10-11(15-13(18)12(17)14-10)9(8(7)2)6-16(3)4;1-7-6-10-11(9(3)8(7)2)15-13(17-5)12(14-10)16-4/h7H,8H2,1-6H3;5H,6H2,1-4H3;5H,6H2,1-4H3,(H,14,17)(H,15,18);6H,1-5H3. The Morgan fingerprint density at radius 2 is 0.753 bits per heavy atom. The van der Waals surface area contributed by atoms with Gasteiger partial charge < -0.3 is 48.2 Å². The normalized spacial score (nSPS) is 11.0. The van der Waals surface area contributed by atoms with Crippen LogP contribution >= 0.6 is 15.9 Å². The molecule has 0 amide bonds. The van der Waals surface area contributed by atoms with Crippen molar-refractivity contribution in [1.82, 2.24) is 49.7 Å². The Labute approximate surface area is 435 Å². The molecular weight excluding hydrogens is 997 g/mol.